The Morgan fingerprint density at radius 3 is 2.46 bits per heavy atom. The second-order valence-electron chi connectivity index (χ2n) is 5.20. The predicted octanol–water partition coefficient (Wildman–Crippen LogP) is 4.75. The molecule has 0 aliphatic carbocycles. The third-order valence-electron chi connectivity index (χ3n) is 3.63. The molecule has 1 aromatic carbocycles. The third-order valence-corrected chi connectivity index (χ3v) is 5.17. The number of carboxylic acid groups (broad SMARTS) is 1. The second-order valence-corrected chi connectivity index (χ2v) is 6.69. The van der Waals surface area contributed by atoms with E-state index in [1.54, 1.807) is 0 Å². The van der Waals surface area contributed by atoms with Crippen molar-refractivity contribution in [1.82, 2.24) is 0 Å². The van der Waals surface area contributed by atoms with Crippen LogP contribution in [-0.4, -0.2) is 23.2 Å². The molecule has 1 amide bonds. The molecule has 4 nitrogen and oxygen atoms in total. The van der Waals surface area contributed by atoms with Crippen molar-refractivity contribution >= 4 is 40.5 Å². The van der Waals surface area contributed by atoms with Crippen LogP contribution in [0, 0.1) is 0 Å². The van der Waals surface area contributed by atoms with E-state index in [0.717, 1.165) is 0 Å². The zero-order valence-electron chi connectivity index (χ0n) is 11.8. The highest BCUT2D eigenvalue weighted by atomic mass is 35.5. The fourth-order valence-corrected chi connectivity index (χ4v) is 3.96. The van der Waals surface area contributed by atoms with Crippen LogP contribution < -0.4 is 5.32 Å². The largest absolute Gasteiger partial charge is 0.477 e. The summed E-state index contributed by atoms with van der Waals surface area (Å²) in [6.07, 6.45) is -5.39. The maximum Gasteiger partial charge on any atom is 0.397 e. The molecule has 126 valence electrons. The smallest absolute Gasteiger partial charge is 0.397 e. The lowest BCUT2D eigenvalue weighted by atomic mass is 9.94. The normalized spacial score (nSPS) is 17.3. The molecule has 0 bridgehead atoms. The van der Waals surface area contributed by atoms with Crippen LogP contribution in [0.4, 0.5) is 18.9 Å². The summed E-state index contributed by atoms with van der Waals surface area (Å²) in [5.41, 5.74) is 0.359. The quantitative estimate of drug-likeness (QED) is 0.795. The first-order valence-electron chi connectivity index (χ1n) is 6.71. The van der Waals surface area contributed by atoms with Gasteiger partial charge in [0.25, 0.3) is 0 Å². The molecular formula is C15H9ClF3NO3S. The number of amides is 1. The summed E-state index contributed by atoms with van der Waals surface area (Å²) in [4.78, 5) is 22.8. The molecule has 0 unspecified atom stereocenters. The molecule has 2 aromatic rings. The molecule has 0 saturated carbocycles. The zero-order chi connectivity index (χ0) is 17.6. The average molecular weight is 376 g/mol. The van der Waals surface area contributed by atoms with Crippen LogP contribution in [0.15, 0.2) is 24.3 Å². The monoisotopic (exact) mass is 375 g/mol. The van der Waals surface area contributed by atoms with Gasteiger partial charge in [-0.2, -0.15) is 13.2 Å². The first-order valence-corrected chi connectivity index (χ1v) is 7.90. The van der Waals surface area contributed by atoms with E-state index in [-0.39, 0.29) is 21.0 Å². The molecule has 1 aliphatic heterocycles. The van der Waals surface area contributed by atoms with Gasteiger partial charge in [0.05, 0.1) is 5.69 Å². The molecular weight excluding hydrogens is 367 g/mol. The zero-order valence-corrected chi connectivity index (χ0v) is 13.4. The van der Waals surface area contributed by atoms with Crippen LogP contribution >= 0.6 is 22.9 Å². The highest BCUT2D eigenvalue weighted by molar-refractivity contribution is 7.15. The van der Waals surface area contributed by atoms with Crippen LogP contribution in [0.1, 0.15) is 26.9 Å². The minimum atomic E-state index is -4.63. The first kappa shape index (κ1) is 16.8. The molecule has 2 heterocycles. The summed E-state index contributed by atoms with van der Waals surface area (Å²) in [6.45, 7) is 0. The highest BCUT2D eigenvalue weighted by Crippen LogP contribution is 2.52. The van der Waals surface area contributed by atoms with Crippen molar-refractivity contribution in [3.8, 4) is 11.1 Å². The number of carboxylic acids is 1. The Kier molecular flexibility index (Phi) is 4.05. The summed E-state index contributed by atoms with van der Waals surface area (Å²) >= 11 is 6.33. The number of hydrogen-bond acceptors (Lipinski definition) is 3. The Bertz CT molecular complexity index is 830. The molecule has 1 atom stereocenters. The van der Waals surface area contributed by atoms with Crippen LogP contribution in [0.2, 0.25) is 5.02 Å². The maximum atomic E-state index is 13.3. The number of hydrogen-bond donors (Lipinski definition) is 2. The topological polar surface area (TPSA) is 66.4 Å². The van der Waals surface area contributed by atoms with E-state index in [1.165, 1.54) is 24.3 Å². The Morgan fingerprint density at radius 2 is 1.92 bits per heavy atom. The van der Waals surface area contributed by atoms with Crippen LogP contribution in [-0.2, 0) is 4.79 Å². The number of carbonyl (C=O) groups excluding carboxylic acids is 1. The number of aromatic carboxylic acids is 1. The Labute approximate surface area is 142 Å². The van der Waals surface area contributed by atoms with Crippen molar-refractivity contribution in [2.75, 3.05) is 5.32 Å². The number of fused-ring (bicyclic) bond motifs is 1. The van der Waals surface area contributed by atoms with Crippen LogP contribution in [0.25, 0.3) is 11.1 Å². The first-order chi connectivity index (χ1) is 11.2. The summed E-state index contributed by atoms with van der Waals surface area (Å²) < 4.78 is 39.8. The van der Waals surface area contributed by atoms with Gasteiger partial charge >= 0.3 is 12.1 Å². The SMILES string of the molecule is O=C1C[C@@H](C(F)(F)F)c2sc(C(=O)O)c(-c3ccc(Cl)cc3)c2N1. The minimum absolute atomic E-state index is 0.0708. The van der Waals surface area contributed by atoms with Gasteiger partial charge in [0.15, 0.2) is 0 Å². The number of alkyl halides is 3. The number of nitrogens with one attached hydrogen (secondary N) is 1. The predicted molar refractivity (Wildman–Crippen MR) is 83.8 cm³/mol. The molecule has 1 aromatic heterocycles. The number of benzene rings is 1. The lowest BCUT2D eigenvalue weighted by Crippen LogP contribution is -2.30. The number of thiophene rings is 1. The minimum Gasteiger partial charge on any atom is -0.477 e. The van der Waals surface area contributed by atoms with Gasteiger partial charge in [-0.3, -0.25) is 4.79 Å². The van der Waals surface area contributed by atoms with Gasteiger partial charge in [-0.05, 0) is 17.7 Å². The van der Waals surface area contributed by atoms with Crippen LogP contribution in [0.3, 0.4) is 0 Å². The molecule has 0 radical (unpaired) electrons. The van der Waals surface area contributed by atoms with E-state index < -0.39 is 30.4 Å². The molecule has 1 aliphatic rings. The number of carbonyl (C=O) groups is 2. The van der Waals surface area contributed by atoms with Crippen molar-refractivity contribution < 1.29 is 27.9 Å². The number of anilines is 1. The fourth-order valence-electron chi connectivity index (χ4n) is 2.59. The molecule has 2 N–H and O–H groups in total. The number of rotatable bonds is 2. The molecule has 24 heavy (non-hydrogen) atoms. The Balaban J connectivity index is 2.26. The van der Waals surface area contributed by atoms with E-state index in [0.29, 0.717) is 21.9 Å². The van der Waals surface area contributed by atoms with E-state index in [4.69, 9.17) is 11.6 Å². The van der Waals surface area contributed by atoms with E-state index in [2.05, 4.69) is 5.32 Å². The van der Waals surface area contributed by atoms with Gasteiger partial charge in [-0.1, -0.05) is 23.7 Å². The average Bonchev–Trinajstić information content (AvgIpc) is 2.85. The fraction of sp³-hybridized carbons (Fsp3) is 0.200. The lowest BCUT2D eigenvalue weighted by Gasteiger charge is -2.25. The summed E-state index contributed by atoms with van der Waals surface area (Å²) in [7, 11) is 0. The molecule has 3 rings (SSSR count). The van der Waals surface area contributed by atoms with Crippen molar-refractivity contribution in [1.29, 1.82) is 0 Å². The van der Waals surface area contributed by atoms with Gasteiger partial charge in [-0.15, -0.1) is 11.3 Å². The van der Waals surface area contributed by atoms with Gasteiger partial charge in [0.2, 0.25) is 5.91 Å². The highest BCUT2D eigenvalue weighted by Gasteiger charge is 2.47. The summed E-state index contributed by atoms with van der Waals surface area (Å²) in [6, 6.07) is 6.00. The van der Waals surface area contributed by atoms with Crippen molar-refractivity contribution in [2.24, 2.45) is 0 Å². The van der Waals surface area contributed by atoms with Crippen LogP contribution in [0.5, 0.6) is 0 Å². The van der Waals surface area contributed by atoms with Crippen molar-refractivity contribution in [3.05, 3.63) is 39.0 Å². The molecule has 9 heteroatoms. The Morgan fingerprint density at radius 1 is 1.29 bits per heavy atom. The lowest BCUT2D eigenvalue weighted by molar-refractivity contribution is -0.156. The van der Waals surface area contributed by atoms with Crippen molar-refractivity contribution in [3.63, 3.8) is 0 Å². The second kappa shape index (κ2) is 5.78. The summed E-state index contributed by atoms with van der Waals surface area (Å²) in [5.74, 6) is -4.16. The third kappa shape index (κ3) is 2.87. The molecule has 0 saturated heterocycles. The van der Waals surface area contributed by atoms with Crippen molar-refractivity contribution in [2.45, 2.75) is 18.5 Å². The summed E-state index contributed by atoms with van der Waals surface area (Å²) in [5, 5.41) is 12.2. The standard InChI is InChI=1S/C15H9ClF3NO3S/c16-7-3-1-6(2-4-7)10-11-12(24-13(10)14(22)23)8(15(17,18)19)5-9(21)20-11/h1-4,8H,5H2,(H,20,21)(H,22,23)/t8-/m1/s1. The molecule has 0 spiro atoms. The maximum absolute atomic E-state index is 13.3. The van der Waals surface area contributed by atoms with E-state index in [9.17, 15) is 27.9 Å². The van der Waals surface area contributed by atoms with Gasteiger partial charge in [-0.25, -0.2) is 4.79 Å². The van der Waals surface area contributed by atoms with E-state index in [1.807, 2.05) is 0 Å². The van der Waals surface area contributed by atoms with Gasteiger partial charge in [0, 0.05) is 21.9 Å². The van der Waals surface area contributed by atoms with Gasteiger partial charge < -0.3 is 10.4 Å². The Hall–Kier alpha value is -2.06. The van der Waals surface area contributed by atoms with Gasteiger partial charge in [0.1, 0.15) is 10.8 Å². The van der Waals surface area contributed by atoms with E-state index >= 15 is 0 Å². The molecule has 0 fully saturated rings. The number of halogens is 4.